The summed E-state index contributed by atoms with van der Waals surface area (Å²) in [6.45, 7) is 7.97. The van der Waals surface area contributed by atoms with Crippen molar-refractivity contribution in [3.05, 3.63) is 0 Å². The molecule has 0 aromatic carbocycles. The van der Waals surface area contributed by atoms with Crippen LogP contribution in [0.5, 0.6) is 0 Å². The number of amides is 1. The molecule has 5 heteroatoms. The zero-order chi connectivity index (χ0) is 16.9. The largest absolute Gasteiger partial charge is 0.444 e. The molecule has 1 saturated carbocycles. The first kappa shape index (κ1) is 18.5. The van der Waals surface area contributed by atoms with Gasteiger partial charge in [-0.25, -0.2) is 4.79 Å². The van der Waals surface area contributed by atoms with Crippen LogP contribution in [-0.4, -0.2) is 55.5 Å². The fraction of sp³-hybridized carbons (Fsp3) is 0.944. The fourth-order valence-corrected chi connectivity index (χ4v) is 3.63. The van der Waals surface area contributed by atoms with Crippen molar-refractivity contribution in [2.24, 2.45) is 5.92 Å². The summed E-state index contributed by atoms with van der Waals surface area (Å²) in [5.41, 5.74) is -0.452. The third kappa shape index (κ3) is 5.96. The van der Waals surface area contributed by atoms with Crippen LogP contribution in [0.4, 0.5) is 4.79 Å². The fourth-order valence-electron chi connectivity index (χ4n) is 3.63. The van der Waals surface area contributed by atoms with Gasteiger partial charge in [0.2, 0.25) is 0 Å². The van der Waals surface area contributed by atoms with Crippen molar-refractivity contribution in [3.8, 4) is 0 Å². The van der Waals surface area contributed by atoms with Crippen molar-refractivity contribution in [1.82, 2.24) is 10.2 Å². The second kappa shape index (κ2) is 8.34. The zero-order valence-corrected chi connectivity index (χ0v) is 15.3. The van der Waals surface area contributed by atoms with Gasteiger partial charge in [0, 0.05) is 13.7 Å². The molecule has 2 fully saturated rings. The van der Waals surface area contributed by atoms with Gasteiger partial charge in [-0.1, -0.05) is 32.1 Å². The molecule has 0 bridgehead atoms. The van der Waals surface area contributed by atoms with Gasteiger partial charge in [0.1, 0.15) is 5.60 Å². The predicted molar refractivity (Wildman–Crippen MR) is 91.6 cm³/mol. The van der Waals surface area contributed by atoms with Crippen LogP contribution in [0, 0.1) is 5.92 Å². The Morgan fingerprint density at radius 1 is 1.17 bits per heavy atom. The molecule has 23 heavy (non-hydrogen) atoms. The molecule has 1 aliphatic carbocycles. The predicted octanol–water partition coefficient (Wildman–Crippen LogP) is 3.18. The van der Waals surface area contributed by atoms with Crippen molar-refractivity contribution in [3.63, 3.8) is 0 Å². The highest BCUT2D eigenvalue weighted by Crippen LogP contribution is 2.26. The van der Waals surface area contributed by atoms with Crippen LogP contribution in [0.15, 0.2) is 0 Å². The average Bonchev–Trinajstić information content (AvgIpc) is 2.90. The highest BCUT2D eigenvalue weighted by molar-refractivity contribution is 5.68. The summed E-state index contributed by atoms with van der Waals surface area (Å²) < 4.78 is 11.0. The summed E-state index contributed by atoms with van der Waals surface area (Å²) in [5, 5.41) is 3.60. The Kier molecular flexibility index (Phi) is 6.72. The third-order valence-corrected chi connectivity index (χ3v) is 4.90. The van der Waals surface area contributed by atoms with Gasteiger partial charge in [0.15, 0.2) is 0 Å². The maximum Gasteiger partial charge on any atom is 0.410 e. The molecule has 5 nitrogen and oxygen atoms in total. The molecule has 0 aromatic heterocycles. The number of rotatable bonds is 5. The quantitative estimate of drug-likeness (QED) is 0.843. The van der Waals surface area contributed by atoms with Gasteiger partial charge in [-0.05, 0) is 39.7 Å². The van der Waals surface area contributed by atoms with Crippen LogP contribution in [0.1, 0.15) is 59.3 Å². The Labute approximate surface area is 141 Å². The van der Waals surface area contributed by atoms with Crippen LogP contribution in [0.25, 0.3) is 0 Å². The van der Waals surface area contributed by atoms with Crippen LogP contribution in [-0.2, 0) is 9.47 Å². The maximum atomic E-state index is 12.2. The highest BCUT2D eigenvalue weighted by Gasteiger charge is 2.37. The molecule has 0 spiro atoms. The van der Waals surface area contributed by atoms with Crippen molar-refractivity contribution >= 4 is 6.09 Å². The summed E-state index contributed by atoms with van der Waals surface area (Å²) in [6, 6.07) is 0.205. The van der Waals surface area contributed by atoms with Crippen molar-refractivity contribution in [2.75, 3.05) is 26.7 Å². The molecule has 0 radical (unpaired) electrons. The average molecular weight is 326 g/mol. The molecule has 1 unspecified atom stereocenters. The minimum Gasteiger partial charge on any atom is -0.444 e. The van der Waals surface area contributed by atoms with E-state index in [1.165, 1.54) is 38.5 Å². The van der Waals surface area contributed by atoms with Crippen LogP contribution >= 0.6 is 0 Å². The molecule has 1 N–H and O–H groups in total. The molecule has 0 aromatic rings. The minimum atomic E-state index is -0.452. The van der Waals surface area contributed by atoms with E-state index in [4.69, 9.17) is 9.47 Å². The van der Waals surface area contributed by atoms with Gasteiger partial charge in [0.25, 0.3) is 0 Å². The Morgan fingerprint density at radius 2 is 1.87 bits per heavy atom. The SMILES string of the molecule is CO[C@H]1CN(C(=O)OC(C)(C)C)CC1NCCC1CCCCC1. The van der Waals surface area contributed by atoms with Gasteiger partial charge >= 0.3 is 6.09 Å². The number of nitrogens with one attached hydrogen (secondary N) is 1. The lowest BCUT2D eigenvalue weighted by molar-refractivity contribution is 0.0252. The van der Waals surface area contributed by atoms with Gasteiger partial charge in [0.05, 0.1) is 18.7 Å². The molecule has 2 rings (SSSR count). The zero-order valence-electron chi connectivity index (χ0n) is 15.3. The number of nitrogens with zero attached hydrogens (tertiary/aromatic N) is 1. The van der Waals surface area contributed by atoms with Crippen LogP contribution < -0.4 is 5.32 Å². The van der Waals surface area contributed by atoms with E-state index in [0.29, 0.717) is 13.1 Å². The van der Waals surface area contributed by atoms with E-state index < -0.39 is 5.60 Å². The Balaban J connectivity index is 1.76. The van der Waals surface area contributed by atoms with Gasteiger partial charge < -0.3 is 19.7 Å². The molecule has 1 aliphatic heterocycles. The smallest absolute Gasteiger partial charge is 0.410 e. The first-order valence-corrected chi connectivity index (χ1v) is 9.13. The van der Waals surface area contributed by atoms with E-state index in [2.05, 4.69) is 5.32 Å². The monoisotopic (exact) mass is 326 g/mol. The summed E-state index contributed by atoms with van der Waals surface area (Å²) in [7, 11) is 1.72. The molecule has 134 valence electrons. The number of methoxy groups -OCH3 is 1. The van der Waals surface area contributed by atoms with E-state index in [1.807, 2.05) is 20.8 Å². The van der Waals surface area contributed by atoms with Gasteiger partial charge in [-0.15, -0.1) is 0 Å². The number of carbonyl (C=O) groups excluding carboxylic acids is 1. The maximum absolute atomic E-state index is 12.2. The second-order valence-electron chi connectivity index (χ2n) is 8.01. The number of carbonyl (C=O) groups is 1. The van der Waals surface area contributed by atoms with Crippen LogP contribution in [0.2, 0.25) is 0 Å². The molecule has 2 atom stereocenters. The normalized spacial score (nSPS) is 26.5. The van der Waals surface area contributed by atoms with Crippen molar-refractivity contribution < 1.29 is 14.3 Å². The van der Waals surface area contributed by atoms with Crippen molar-refractivity contribution in [1.29, 1.82) is 0 Å². The second-order valence-corrected chi connectivity index (χ2v) is 8.01. The van der Waals surface area contributed by atoms with Crippen molar-refractivity contribution in [2.45, 2.75) is 77.0 Å². The summed E-state index contributed by atoms with van der Waals surface area (Å²) in [4.78, 5) is 14.0. The standard InChI is InChI=1S/C18H34N2O3/c1-18(2,3)23-17(21)20-12-15(16(13-20)22-4)19-11-10-14-8-6-5-7-9-14/h14-16,19H,5-13H2,1-4H3/t15?,16-/m0/s1. The molecule has 1 amide bonds. The Morgan fingerprint density at radius 3 is 2.48 bits per heavy atom. The topological polar surface area (TPSA) is 50.8 Å². The number of likely N-dealkylation sites (tertiary alicyclic amines) is 1. The number of ether oxygens (including phenoxy) is 2. The summed E-state index contributed by atoms with van der Waals surface area (Å²) >= 11 is 0. The first-order chi connectivity index (χ1) is 10.9. The summed E-state index contributed by atoms with van der Waals surface area (Å²) in [5.74, 6) is 0.876. The van der Waals surface area contributed by atoms with E-state index in [9.17, 15) is 4.79 Å². The molecular formula is C18H34N2O3. The number of hydrogen-bond donors (Lipinski definition) is 1. The summed E-state index contributed by atoms with van der Waals surface area (Å²) in [6.07, 6.45) is 7.99. The molecule has 1 heterocycles. The lowest BCUT2D eigenvalue weighted by Crippen LogP contribution is -2.41. The lowest BCUT2D eigenvalue weighted by Gasteiger charge is -2.24. The highest BCUT2D eigenvalue weighted by atomic mass is 16.6. The van der Waals surface area contributed by atoms with Gasteiger partial charge in [-0.3, -0.25) is 0 Å². The molecular weight excluding hydrogens is 292 g/mol. The van der Waals surface area contributed by atoms with Crippen LogP contribution in [0.3, 0.4) is 0 Å². The molecule has 2 aliphatic rings. The van der Waals surface area contributed by atoms with E-state index in [0.717, 1.165) is 12.5 Å². The first-order valence-electron chi connectivity index (χ1n) is 9.13. The number of hydrogen-bond acceptors (Lipinski definition) is 4. The van der Waals surface area contributed by atoms with Gasteiger partial charge in [-0.2, -0.15) is 0 Å². The Bertz CT molecular complexity index is 375. The van der Waals surface area contributed by atoms with E-state index >= 15 is 0 Å². The minimum absolute atomic E-state index is 0.0499. The third-order valence-electron chi connectivity index (χ3n) is 4.90. The van der Waals surface area contributed by atoms with E-state index in [-0.39, 0.29) is 18.2 Å². The molecule has 1 saturated heterocycles. The lowest BCUT2D eigenvalue weighted by atomic mass is 9.87. The Hall–Kier alpha value is -0.810. The van der Waals surface area contributed by atoms with E-state index in [1.54, 1.807) is 12.0 Å².